The van der Waals surface area contributed by atoms with Crippen LogP contribution in [0.1, 0.15) is 16.8 Å². The van der Waals surface area contributed by atoms with E-state index in [1.807, 2.05) is 12.1 Å². The van der Waals surface area contributed by atoms with Crippen LogP contribution in [-0.4, -0.2) is 41.1 Å². The molecular formula is C18H21N3O4. The number of benzene rings is 1. The fourth-order valence-electron chi connectivity index (χ4n) is 2.98. The van der Waals surface area contributed by atoms with Crippen molar-refractivity contribution in [1.82, 2.24) is 14.5 Å². The molecule has 0 bridgehead atoms. The van der Waals surface area contributed by atoms with Crippen molar-refractivity contribution in [3.63, 3.8) is 0 Å². The lowest BCUT2D eigenvalue weighted by molar-refractivity contribution is -0.132. The van der Waals surface area contributed by atoms with Gasteiger partial charge in [0.1, 0.15) is 6.54 Å². The topological polar surface area (TPSA) is 73.7 Å². The summed E-state index contributed by atoms with van der Waals surface area (Å²) in [7, 11) is 3.20. The lowest BCUT2D eigenvalue weighted by atomic mass is 9.98. The van der Waals surface area contributed by atoms with Gasteiger partial charge >= 0.3 is 0 Å². The monoisotopic (exact) mass is 343 g/mol. The van der Waals surface area contributed by atoms with E-state index in [0.717, 1.165) is 17.5 Å². The summed E-state index contributed by atoms with van der Waals surface area (Å²) in [5.41, 5.74) is 2.61. The van der Waals surface area contributed by atoms with Crippen LogP contribution in [0.4, 0.5) is 0 Å². The molecule has 2 heterocycles. The van der Waals surface area contributed by atoms with E-state index in [2.05, 4.69) is 4.98 Å². The summed E-state index contributed by atoms with van der Waals surface area (Å²) >= 11 is 0. The number of amides is 1. The Hall–Kier alpha value is -2.83. The quantitative estimate of drug-likeness (QED) is 0.833. The van der Waals surface area contributed by atoms with E-state index in [1.165, 1.54) is 17.0 Å². The van der Waals surface area contributed by atoms with E-state index in [0.29, 0.717) is 30.3 Å². The van der Waals surface area contributed by atoms with E-state index < -0.39 is 0 Å². The van der Waals surface area contributed by atoms with Crippen LogP contribution >= 0.6 is 0 Å². The molecular weight excluding hydrogens is 322 g/mol. The number of methoxy groups -OCH3 is 2. The Morgan fingerprint density at radius 3 is 2.48 bits per heavy atom. The Bertz CT molecular complexity index is 860. The second-order valence-corrected chi connectivity index (χ2v) is 6.04. The Kier molecular flexibility index (Phi) is 4.74. The van der Waals surface area contributed by atoms with Gasteiger partial charge in [-0.15, -0.1) is 0 Å². The summed E-state index contributed by atoms with van der Waals surface area (Å²) in [6.45, 7) is 2.84. The number of fused-ring (bicyclic) bond motifs is 1. The molecule has 0 atom stereocenters. The molecule has 3 rings (SSSR count). The second-order valence-electron chi connectivity index (χ2n) is 6.04. The standard InChI is InChI=1S/C18H21N3O4/c1-12-6-17(22)21(11-19-12)10-18(23)20-5-4-13-7-15(24-2)16(25-3)8-14(13)9-20/h6-8,11H,4-5,9-10H2,1-3H3. The Labute approximate surface area is 145 Å². The van der Waals surface area contributed by atoms with Crippen LogP contribution in [0.2, 0.25) is 0 Å². The summed E-state index contributed by atoms with van der Waals surface area (Å²) in [6.07, 6.45) is 2.16. The molecule has 0 radical (unpaired) electrons. The number of aryl methyl sites for hydroxylation is 1. The zero-order valence-corrected chi connectivity index (χ0v) is 14.6. The van der Waals surface area contributed by atoms with Crippen LogP contribution in [0.3, 0.4) is 0 Å². The maximum absolute atomic E-state index is 12.6. The molecule has 0 unspecified atom stereocenters. The third kappa shape index (κ3) is 3.50. The first-order chi connectivity index (χ1) is 12.0. The molecule has 0 saturated heterocycles. The van der Waals surface area contributed by atoms with E-state index in [9.17, 15) is 9.59 Å². The minimum atomic E-state index is -0.218. The van der Waals surface area contributed by atoms with Crippen LogP contribution in [0.15, 0.2) is 29.3 Å². The molecule has 1 aromatic carbocycles. The molecule has 7 heteroatoms. The first-order valence-corrected chi connectivity index (χ1v) is 8.06. The molecule has 0 spiro atoms. The van der Waals surface area contributed by atoms with Gasteiger partial charge in [-0.3, -0.25) is 14.2 Å². The number of ether oxygens (including phenoxy) is 2. The predicted molar refractivity (Wildman–Crippen MR) is 91.9 cm³/mol. The third-order valence-corrected chi connectivity index (χ3v) is 4.39. The smallest absolute Gasteiger partial charge is 0.253 e. The number of aromatic nitrogens is 2. The van der Waals surface area contributed by atoms with Gasteiger partial charge < -0.3 is 14.4 Å². The van der Waals surface area contributed by atoms with Crippen LogP contribution in [0, 0.1) is 6.92 Å². The summed E-state index contributed by atoms with van der Waals surface area (Å²) in [4.78, 5) is 30.3. The number of hydrogen-bond acceptors (Lipinski definition) is 5. The van der Waals surface area contributed by atoms with Crippen molar-refractivity contribution in [2.45, 2.75) is 26.4 Å². The molecule has 0 saturated carbocycles. The maximum Gasteiger partial charge on any atom is 0.253 e. The lowest BCUT2D eigenvalue weighted by Crippen LogP contribution is -2.39. The molecule has 1 amide bonds. The molecule has 1 aromatic heterocycles. The van der Waals surface area contributed by atoms with Crippen molar-refractivity contribution in [3.05, 3.63) is 51.7 Å². The van der Waals surface area contributed by atoms with Gasteiger partial charge in [-0.05, 0) is 36.6 Å². The normalized spacial score (nSPS) is 13.3. The minimum Gasteiger partial charge on any atom is -0.493 e. The van der Waals surface area contributed by atoms with Gasteiger partial charge in [0.25, 0.3) is 5.56 Å². The molecule has 0 N–H and O–H groups in total. The molecule has 1 aliphatic rings. The highest BCUT2D eigenvalue weighted by Gasteiger charge is 2.23. The molecule has 25 heavy (non-hydrogen) atoms. The predicted octanol–water partition coefficient (Wildman–Crippen LogP) is 1.15. The van der Waals surface area contributed by atoms with Gasteiger partial charge in [0.15, 0.2) is 11.5 Å². The fraction of sp³-hybridized carbons (Fsp3) is 0.389. The average molecular weight is 343 g/mol. The van der Waals surface area contributed by atoms with E-state index >= 15 is 0 Å². The molecule has 0 fully saturated rings. The highest BCUT2D eigenvalue weighted by molar-refractivity contribution is 5.76. The van der Waals surface area contributed by atoms with Gasteiger partial charge in [0.05, 0.1) is 20.5 Å². The highest BCUT2D eigenvalue weighted by Crippen LogP contribution is 2.33. The van der Waals surface area contributed by atoms with Crippen LogP contribution in [-0.2, 0) is 24.3 Å². The minimum absolute atomic E-state index is 0.00522. The SMILES string of the molecule is COc1cc2c(cc1OC)CN(C(=O)Cn1cnc(C)cc1=O)CC2. The number of hydrogen-bond donors (Lipinski definition) is 0. The first kappa shape index (κ1) is 17.0. The Morgan fingerprint density at radius 1 is 1.16 bits per heavy atom. The van der Waals surface area contributed by atoms with Crippen molar-refractivity contribution in [2.75, 3.05) is 20.8 Å². The van der Waals surface area contributed by atoms with E-state index in [-0.39, 0.29) is 18.0 Å². The molecule has 2 aromatic rings. The van der Waals surface area contributed by atoms with Crippen LogP contribution in [0.5, 0.6) is 11.5 Å². The summed E-state index contributed by atoms with van der Waals surface area (Å²) in [6, 6.07) is 5.30. The van der Waals surface area contributed by atoms with Gasteiger partial charge in [-0.1, -0.05) is 0 Å². The Balaban J connectivity index is 1.77. The zero-order valence-electron chi connectivity index (χ0n) is 14.6. The lowest BCUT2D eigenvalue weighted by Gasteiger charge is -2.29. The summed E-state index contributed by atoms with van der Waals surface area (Å²) < 4.78 is 12.0. The highest BCUT2D eigenvalue weighted by atomic mass is 16.5. The summed E-state index contributed by atoms with van der Waals surface area (Å²) in [5, 5.41) is 0. The van der Waals surface area contributed by atoms with Gasteiger partial charge in [0, 0.05) is 24.8 Å². The molecule has 0 aliphatic carbocycles. The zero-order chi connectivity index (χ0) is 18.0. The van der Waals surface area contributed by atoms with Gasteiger partial charge in [-0.25, -0.2) is 4.98 Å². The number of carbonyl (C=O) groups excluding carboxylic acids is 1. The third-order valence-electron chi connectivity index (χ3n) is 4.39. The average Bonchev–Trinajstić information content (AvgIpc) is 2.62. The van der Waals surface area contributed by atoms with Crippen molar-refractivity contribution in [1.29, 1.82) is 0 Å². The number of nitrogens with zero attached hydrogens (tertiary/aromatic N) is 3. The van der Waals surface area contributed by atoms with Gasteiger partial charge in [0.2, 0.25) is 5.91 Å². The van der Waals surface area contributed by atoms with Crippen molar-refractivity contribution in [2.24, 2.45) is 0 Å². The van der Waals surface area contributed by atoms with Gasteiger partial charge in [-0.2, -0.15) is 0 Å². The van der Waals surface area contributed by atoms with Crippen molar-refractivity contribution in [3.8, 4) is 11.5 Å². The van der Waals surface area contributed by atoms with Crippen LogP contribution < -0.4 is 15.0 Å². The molecule has 132 valence electrons. The maximum atomic E-state index is 12.6. The van der Waals surface area contributed by atoms with E-state index in [4.69, 9.17) is 9.47 Å². The van der Waals surface area contributed by atoms with E-state index in [1.54, 1.807) is 26.0 Å². The number of rotatable bonds is 4. The number of carbonyl (C=O) groups is 1. The first-order valence-electron chi connectivity index (χ1n) is 8.06. The Morgan fingerprint density at radius 2 is 1.84 bits per heavy atom. The van der Waals surface area contributed by atoms with Crippen LogP contribution in [0.25, 0.3) is 0 Å². The van der Waals surface area contributed by atoms with Crippen molar-refractivity contribution >= 4 is 5.91 Å². The summed E-state index contributed by atoms with van der Waals surface area (Å²) in [5.74, 6) is 1.24. The van der Waals surface area contributed by atoms with Crippen molar-refractivity contribution < 1.29 is 14.3 Å². The molecule has 1 aliphatic heterocycles. The fourth-order valence-corrected chi connectivity index (χ4v) is 2.98. The molecule has 7 nitrogen and oxygen atoms in total. The second kappa shape index (κ2) is 6.96. The largest absolute Gasteiger partial charge is 0.493 e.